The van der Waals surface area contributed by atoms with Gasteiger partial charge in [0.15, 0.2) is 0 Å². The van der Waals surface area contributed by atoms with E-state index in [-0.39, 0.29) is 23.7 Å². The molecule has 6 nitrogen and oxygen atoms in total. The van der Waals surface area contributed by atoms with Crippen molar-refractivity contribution in [3.8, 4) is 17.8 Å². The molecule has 2 aromatic rings. The maximum atomic E-state index is 12.4. The van der Waals surface area contributed by atoms with Crippen LogP contribution in [0.2, 0.25) is 0 Å². The minimum atomic E-state index is -4.39. The van der Waals surface area contributed by atoms with E-state index in [2.05, 4.69) is 20.3 Å². The van der Waals surface area contributed by atoms with Crippen LogP contribution < -0.4 is 14.8 Å². The van der Waals surface area contributed by atoms with Crippen LogP contribution in [0.15, 0.2) is 24.3 Å². The molecule has 1 aromatic carbocycles. The lowest BCUT2D eigenvalue weighted by atomic mass is 10.2. The molecule has 0 aliphatic heterocycles. The summed E-state index contributed by atoms with van der Waals surface area (Å²) < 4.78 is 47.5. The Labute approximate surface area is 118 Å². The average molecular weight is 300 g/mol. The molecule has 0 radical (unpaired) electrons. The molecule has 0 fully saturated rings. The standard InChI is InChI=1S/C12H11F3N4O2/c1-16-9-17-10(20-2)19-11(18-9)21-8-5-3-7(4-6-8)12(13,14)15/h3-6H,1-2H3,(H,16,17,18,19). The van der Waals surface area contributed by atoms with Gasteiger partial charge < -0.3 is 14.8 Å². The maximum absolute atomic E-state index is 12.4. The number of aromatic nitrogens is 3. The van der Waals surface area contributed by atoms with Gasteiger partial charge in [-0.2, -0.15) is 23.1 Å². The number of ether oxygens (including phenoxy) is 2. The Bertz CT molecular complexity index is 595. The molecule has 1 aromatic heterocycles. The molecule has 1 heterocycles. The second-order valence-corrected chi connectivity index (χ2v) is 3.80. The molecule has 0 aliphatic rings. The summed E-state index contributed by atoms with van der Waals surface area (Å²) in [5, 5.41) is 2.69. The second kappa shape index (κ2) is 5.81. The minimum absolute atomic E-state index is 0.0243. The van der Waals surface area contributed by atoms with Gasteiger partial charge in [0.05, 0.1) is 12.7 Å². The SMILES string of the molecule is CNc1nc(OC)nc(Oc2ccc(C(F)(F)F)cc2)n1. The smallest absolute Gasteiger partial charge is 0.416 e. The summed E-state index contributed by atoms with van der Waals surface area (Å²) >= 11 is 0. The van der Waals surface area contributed by atoms with E-state index in [1.54, 1.807) is 7.05 Å². The van der Waals surface area contributed by atoms with E-state index >= 15 is 0 Å². The zero-order valence-electron chi connectivity index (χ0n) is 11.1. The first-order valence-corrected chi connectivity index (χ1v) is 5.75. The first-order chi connectivity index (χ1) is 9.92. The van der Waals surface area contributed by atoms with Crippen LogP contribution in [0.5, 0.6) is 17.8 Å². The quantitative estimate of drug-likeness (QED) is 0.936. The number of halogens is 3. The van der Waals surface area contributed by atoms with Crippen LogP contribution in [-0.4, -0.2) is 29.1 Å². The van der Waals surface area contributed by atoms with Gasteiger partial charge in [0, 0.05) is 7.05 Å². The van der Waals surface area contributed by atoms with Crippen LogP contribution in [0.1, 0.15) is 5.56 Å². The molecule has 0 spiro atoms. The number of hydrogen-bond acceptors (Lipinski definition) is 6. The van der Waals surface area contributed by atoms with E-state index in [1.807, 2.05) is 0 Å². The van der Waals surface area contributed by atoms with Crippen LogP contribution >= 0.6 is 0 Å². The molecule has 0 atom stereocenters. The van der Waals surface area contributed by atoms with Gasteiger partial charge in [-0.1, -0.05) is 0 Å². The molecular weight excluding hydrogens is 289 g/mol. The van der Waals surface area contributed by atoms with Crippen molar-refractivity contribution in [2.45, 2.75) is 6.18 Å². The normalized spacial score (nSPS) is 11.1. The van der Waals surface area contributed by atoms with Gasteiger partial charge >= 0.3 is 18.2 Å². The van der Waals surface area contributed by atoms with Crippen molar-refractivity contribution >= 4 is 5.95 Å². The number of benzene rings is 1. The van der Waals surface area contributed by atoms with E-state index < -0.39 is 11.7 Å². The van der Waals surface area contributed by atoms with E-state index in [4.69, 9.17) is 9.47 Å². The lowest BCUT2D eigenvalue weighted by Crippen LogP contribution is -2.05. The van der Waals surface area contributed by atoms with E-state index in [1.165, 1.54) is 19.2 Å². The van der Waals surface area contributed by atoms with Crippen molar-refractivity contribution in [3.63, 3.8) is 0 Å². The van der Waals surface area contributed by atoms with Crippen LogP contribution in [0.25, 0.3) is 0 Å². The number of nitrogens with one attached hydrogen (secondary N) is 1. The molecule has 0 bridgehead atoms. The van der Waals surface area contributed by atoms with Gasteiger partial charge in [0.2, 0.25) is 5.95 Å². The topological polar surface area (TPSA) is 69.2 Å². The van der Waals surface area contributed by atoms with Gasteiger partial charge in [-0.3, -0.25) is 0 Å². The second-order valence-electron chi connectivity index (χ2n) is 3.80. The maximum Gasteiger partial charge on any atom is 0.416 e. The molecule has 0 aliphatic carbocycles. The fraction of sp³-hybridized carbons (Fsp3) is 0.250. The monoisotopic (exact) mass is 300 g/mol. The summed E-state index contributed by atoms with van der Waals surface area (Å²) in [4.78, 5) is 11.6. The fourth-order valence-corrected chi connectivity index (χ4v) is 1.40. The number of alkyl halides is 3. The third kappa shape index (κ3) is 3.71. The molecule has 1 N–H and O–H groups in total. The Morgan fingerprint density at radius 2 is 1.62 bits per heavy atom. The predicted molar refractivity (Wildman–Crippen MR) is 67.4 cm³/mol. The zero-order chi connectivity index (χ0) is 15.5. The molecule has 0 saturated carbocycles. The average Bonchev–Trinajstić information content (AvgIpc) is 2.46. The summed E-state index contributed by atoms with van der Waals surface area (Å²) in [7, 11) is 2.97. The third-order valence-electron chi connectivity index (χ3n) is 2.39. The lowest BCUT2D eigenvalue weighted by Gasteiger charge is -2.09. The van der Waals surface area contributed by atoms with Crippen molar-refractivity contribution < 1.29 is 22.6 Å². The first-order valence-electron chi connectivity index (χ1n) is 5.75. The summed E-state index contributed by atoms with van der Waals surface area (Å²) in [5.74, 6) is 0.377. The van der Waals surface area contributed by atoms with Gasteiger partial charge in [-0.15, -0.1) is 4.98 Å². The number of hydrogen-bond donors (Lipinski definition) is 1. The van der Waals surface area contributed by atoms with Crippen molar-refractivity contribution in [2.24, 2.45) is 0 Å². The van der Waals surface area contributed by atoms with Gasteiger partial charge in [-0.25, -0.2) is 0 Å². The van der Waals surface area contributed by atoms with Crippen LogP contribution in [0, 0.1) is 0 Å². The molecule has 112 valence electrons. The van der Waals surface area contributed by atoms with E-state index in [9.17, 15) is 13.2 Å². The molecule has 2 rings (SSSR count). The summed E-state index contributed by atoms with van der Waals surface area (Å²) in [5.41, 5.74) is -0.765. The largest absolute Gasteiger partial charge is 0.467 e. The van der Waals surface area contributed by atoms with Gasteiger partial charge in [-0.05, 0) is 24.3 Å². The van der Waals surface area contributed by atoms with Crippen molar-refractivity contribution in [2.75, 3.05) is 19.5 Å². The Balaban J connectivity index is 2.22. The summed E-state index contributed by atoms with van der Waals surface area (Å²) in [6.07, 6.45) is -4.39. The molecule has 0 unspecified atom stereocenters. The highest BCUT2D eigenvalue weighted by Gasteiger charge is 2.30. The first kappa shape index (κ1) is 14.8. The third-order valence-corrected chi connectivity index (χ3v) is 2.39. The molecule has 21 heavy (non-hydrogen) atoms. The highest BCUT2D eigenvalue weighted by atomic mass is 19.4. The van der Waals surface area contributed by atoms with Crippen LogP contribution in [0.3, 0.4) is 0 Å². The highest BCUT2D eigenvalue weighted by Crippen LogP contribution is 2.31. The summed E-state index contributed by atoms with van der Waals surface area (Å²) in [6, 6.07) is 4.11. The summed E-state index contributed by atoms with van der Waals surface area (Å²) in [6.45, 7) is 0. The predicted octanol–water partition coefficient (Wildman–Crippen LogP) is 2.73. The Hall–Kier alpha value is -2.58. The van der Waals surface area contributed by atoms with Crippen molar-refractivity contribution in [3.05, 3.63) is 29.8 Å². The highest BCUT2D eigenvalue weighted by molar-refractivity contribution is 5.32. The lowest BCUT2D eigenvalue weighted by molar-refractivity contribution is -0.137. The molecule has 0 saturated heterocycles. The molecule has 0 amide bonds. The molecular formula is C12H11F3N4O2. The Morgan fingerprint density at radius 1 is 1.00 bits per heavy atom. The Morgan fingerprint density at radius 3 is 2.14 bits per heavy atom. The number of rotatable bonds is 4. The Kier molecular flexibility index (Phi) is 4.10. The van der Waals surface area contributed by atoms with Gasteiger partial charge in [0.25, 0.3) is 0 Å². The van der Waals surface area contributed by atoms with E-state index in [0.29, 0.717) is 0 Å². The van der Waals surface area contributed by atoms with Crippen LogP contribution in [-0.2, 0) is 6.18 Å². The van der Waals surface area contributed by atoms with Crippen molar-refractivity contribution in [1.82, 2.24) is 15.0 Å². The zero-order valence-corrected chi connectivity index (χ0v) is 11.1. The van der Waals surface area contributed by atoms with E-state index in [0.717, 1.165) is 12.1 Å². The number of anilines is 1. The van der Waals surface area contributed by atoms with Crippen molar-refractivity contribution in [1.29, 1.82) is 0 Å². The fourth-order valence-electron chi connectivity index (χ4n) is 1.40. The van der Waals surface area contributed by atoms with Crippen LogP contribution in [0.4, 0.5) is 19.1 Å². The number of methoxy groups -OCH3 is 1. The molecule has 9 heteroatoms. The van der Waals surface area contributed by atoms with Gasteiger partial charge in [0.1, 0.15) is 5.75 Å². The minimum Gasteiger partial charge on any atom is -0.467 e. The number of nitrogens with zero attached hydrogens (tertiary/aromatic N) is 3.